The molecule has 0 spiro atoms. The molecular formula is C22H15F2N4+. The van der Waals surface area contributed by atoms with Gasteiger partial charge in [0.15, 0.2) is 18.2 Å². The lowest BCUT2D eigenvalue weighted by Gasteiger charge is -2.02. The number of halogens is 2. The number of rotatable bonds is 3. The van der Waals surface area contributed by atoms with Crippen molar-refractivity contribution in [3.63, 3.8) is 0 Å². The quantitative estimate of drug-likeness (QED) is 0.477. The number of imidazole rings is 1. The molecule has 1 N–H and O–H groups in total. The molecule has 0 unspecified atom stereocenters. The minimum Gasteiger partial charge on any atom is -0.333 e. The topological polar surface area (TPSA) is 45.5 Å². The van der Waals surface area contributed by atoms with Crippen molar-refractivity contribution in [2.75, 3.05) is 0 Å². The van der Waals surface area contributed by atoms with E-state index >= 15 is 0 Å². The molecule has 28 heavy (non-hydrogen) atoms. The molecule has 2 aromatic heterocycles. The van der Waals surface area contributed by atoms with Gasteiger partial charge in [-0.25, -0.2) is 13.8 Å². The summed E-state index contributed by atoms with van der Waals surface area (Å²) in [6.07, 6.45) is 3.45. The molecule has 0 bridgehead atoms. The number of benzene rings is 3. The first-order chi connectivity index (χ1) is 13.7. The molecule has 2 heterocycles. The summed E-state index contributed by atoms with van der Waals surface area (Å²) in [7, 11) is 0. The average Bonchev–Trinajstić information content (AvgIpc) is 3.13. The van der Waals surface area contributed by atoms with Crippen molar-refractivity contribution in [2.45, 2.75) is 6.54 Å². The molecule has 6 heteroatoms. The van der Waals surface area contributed by atoms with E-state index in [0.29, 0.717) is 17.6 Å². The first kappa shape index (κ1) is 16.5. The zero-order chi connectivity index (χ0) is 19.1. The molecular weight excluding hydrogens is 358 g/mol. The highest BCUT2D eigenvalue weighted by Gasteiger charge is 2.16. The molecule has 0 radical (unpaired) electrons. The van der Waals surface area contributed by atoms with Crippen molar-refractivity contribution in [2.24, 2.45) is 0 Å². The van der Waals surface area contributed by atoms with Crippen molar-refractivity contribution >= 4 is 21.8 Å². The maximum atomic E-state index is 14.1. The fraction of sp³-hybridized carbons (Fsp3) is 0.0455. The van der Waals surface area contributed by atoms with Crippen LogP contribution >= 0.6 is 0 Å². The Balaban J connectivity index is 1.54. The van der Waals surface area contributed by atoms with E-state index in [1.54, 1.807) is 10.9 Å². The van der Waals surface area contributed by atoms with Crippen LogP contribution in [0, 0.1) is 11.6 Å². The van der Waals surface area contributed by atoms with Crippen molar-refractivity contribution in [1.29, 1.82) is 0 Å². The number of aromatic amines is 1. The van der Waals surface area contributed by atoms with E-state index < -0.39 is 11.6 Å². The summed E-state index contributed by atoms with van der Waals surface area (Å²) >= 11 is 0. The van der Waals surface area contributed by atoms with Gasteiger partial charge in [0.25, 0.3) is 0 Å². The maximum Gasteiger partial charge on any atom is 0.222 e. The van der Waals surface area contributed by atoms with Crippen LogP contribution < -0.4 is 4.68 Å². The van der Waals surface area contributed by atoms with E-state index in [9.17, 15) is 8.78 Å². The summed E-state index contributed by atoms with van der Waals surface area (Å²) in [5.74, 6) is -1.54. The molecule has 0 atom stereocenters. The molecule has 0 aliphatic carbocycles. The number of H-pyrrole nitrogens is 1. The fourth-order valence-electron chi connectivity index (χ4n) is 3.41. The Labute approximate surface area is 159 Å². The Bertz CT molecular complexity index is 1320. The molecule has 0 saturated heterocycles. The van der Waals surface area contributed by atoms with Gasteiger partial charge in [-0.1, -0.05) is 53.2 Å². The van der Waals surface area contributed by atoms with Crippen molar-refractivity contribution in [3.8, 4) is 11.4 Å². The molecule has 0 fully saturated rings. The summed E-state index contributed by atoms with van der Waals surface area (Å²) in [6, 6.07) is 18.4. The first-order valence-corrected chi connectivity index (χ1v) is 8.85. The van der Waals surface area contributed by atoms with E-state index in [1.807, 2.05) is 24.4 Å². The number of aromatic nitrogens is 4. The second-order valence-corrected chi connectivity index (χ2v) is 6.60. The number of hydrogen-bond acceptors (Lipinski definition) is 2. The van der Waals surface area contributed by atoms with E-state index in [4.69, 9.17) is 0 Å². The highest BCUT2D eigenvalue weighted by Crippen LogP contribution is 2.24. The van der Waals surface area contributed by atoms with Crippen LogP contribution in [0.15, 0.2) is 73.1 Å². The zero-order valence-electron chi connectivity index (χ0n) is 14.7. The normalized spacial score (nSPS) is 11.4. The first-order valence-electron chi connectivity index (χ1n) is 8.85. The lowest BCUT2D eigenvalue weighted by molar-refractivity contribution is -0.744. The van der Waals surface area contributed by atoms with Gasteiger partial charge in [0.2, 0.25) is 6.20 Å². The molecule has 0 aliphatic rings. The van der Waals surface area contributed by atoms with Crippen LogP contribution in [-0.2, 0) is 6.54 Å². The predicted molar refractivity (Wildman–Crippen MR) is 102 cm³/mol. The predicted octanol–water partition coefficient (Wildman–Crippen LogP) is 4.39. The van der Waals surface area contributed by atoms with E-state index in [2.05, 4.69) is 39.3 Å². The Hall–Kier alpha value is -3.67. The Morgan fingerprint density at radius 2 is 1.75 bits per heavy atom. The summed E-state index contributed by atoms with van der Waals surface area (Å²) in [5.41, 5.74) is 2.53. The largest absolute Gasteiger partial charge is 0.333 e. The van der Waals surface area contributed by atoms with Gasteiger partial charge in [-0.15, -0.1) is 0 Å². The van der Waals surface area contributed by atoms with Gasteiger partial charge >= 0.3 is 0 Å². The molecule has 4 nitrogen and oxygen atoms in total. The summed E-state index contributed by atoms with van der Waals surface area (Å²) in [6.45, 7) is 0.583. The van der Waals surface area contributed by atoms with Gasteiger partial charge in [0.05, 0.1) is 5.56 Å². The summed E-state index contributed by atoms with van der Waals surface area (Å²) < 4.78 is 29.4. The molecule has 0 amide bonds. The third-order valence-corrected chi connectivity index (χ3v) is 4.79. The third kappa shape index (κ3) is 2.79. The van der Waals surface area contributed by atoms with E-state index in [0.717, 1.165) is 11.6 Å². The van der Waals surface area contributed by atoms with Gasteiger partial charge in [-0.2, -0.15) is 0 Å². The van der Waals surface area contributed by atoms with Crippen molar-refractivity contribution < 1.29 is 13.5 Å². The maximum absolute atomic E-state index is 14.1. The van der Waals surface area contributed by atoms with Crippen LogP contribution in [0.5, 0.6) is 0 Å². The van der Waals surface area contributed by atoms with Crippen LogP contribution in [0.25, 0.3) is 33.2 Å². The van der Waals surface area contributed by atoms with Gasteiger partial charge in [-0.05, 0) is 28.0 Å². The van der Waals surface area contributed by atoms with Gasteiger partial charge in [0.1, 0.15) is 23.1 Å². The Morgan fingerprint density at radius 3 is 2.68 bits per heavy atom. The number of fused-ring (bicyclic) bond motifs is 2. The van der Waals surface area contributed by atoms with Crippen LogP contribution in [0.4, 0.5) is 8.78 Å². The number of nitrogens with one attached hydrogen (secondary N) is 1. The van der Waals surface area contributed by atoms with Gasteiger partial charge < -0.3 is 4.98 Å². The smallest absolute Gasteiger partial charge is 0.222 e. The van der Waals surface area contributed by atoms with E-state index in [1.165, 1.54) is 22.9 Å². The zero-order valence-corrected chi connectivity index (χ0v) is 14.7. The Morgan fingerprint density at radius 1 is 0.929 bits per heavy atom. The monoisotopic (exact) mass is 373 g/mol. The van der Waals surface area contributed by atoms with Crippen LogP contribution in [-0.4, -0.2) is 15.1 Å². The molecule has 0 saturated carbocycles. The summed E-state index contributed by atoms with van der Waals surface area (Å²) in [4.78, 5) is 7.41. The van der Waals surface area contributed by atoms with Crippen LogP contribution in [0.1, 0.15) is 5.56 Å². The third-order valence-electron chi connectivity index (χ3n) is 4.79. The standard InChI is InChI=1S/C22H14F2N4/c23-18-10-4-9-17(21(18)24)22-26-19-11-25-28(13-20(19)27-22)12-15-7-3-6-14-5-1-2-8-16(14)15/h1-11,13H,12H2/p+1. The highest BCUT2D eigenvalue weighted by atomic mass is 19.2. The molecule has 5 aromatic rings. The molecule has 0 aliphatic heterocycles. The summed E-state index contributed by atoms with van der Waals surface area (Å²) in [5, 5.41) is 6.77. The van der Waals surface area contributed by atoms with Crippen LogP contribution in [0.2, 0.25) is 0 Å². The minimum absolute atomic E-state index is 0.0943. The van der Waals surface area contributed by atoms with Gasteiger partial charge in [-0.3, -0.25) is 0 Å². The van der Waals surface area contributed by atoms with Crippen molar-refractivity contribution in [1.82, 2.24) is 15.1 Å². The van der Waals surface area contributed by atoms with Crippen LogP contribution in [0.3, 0.4) is 0 Å². The molecule has 3 aromatic carbocycles. The SMILES string of the molecule is Fc1cccc(-c2nc3cn[n+](Cc4cccc5ccccc45)cc3[nH]2)c1F. The lowest BCUT2D eigenvalue weighted by Crippen LogP contribution is -2.37. The number of nitrogens with zero attached hydrogens (tertiary/aromatic N) is 3. The lowest BCUT2D eigenvalue weighted by atomic mass is 10.0. The molecule has 136 valence electrons. The Kier molecular flexibility index (Phi) is 3.83. The highest BCUT2D eigenvalue weighted by molar-refractivity contribution is 5.85. The second kappa shape index (κ2) is 6.49. The van der Waals surface area contributed by atoms with E-state index in [-0.39, 0.29) is 11.4 Å². The van der Waals surface area contributed by atoms with Crippen molar-refractivity contribution in [3.05, 3.63) is 90.3 Å². The minimum atomic E-state index is -0.918. The second-order valence-electron chi connectivity index (χ2n) is 6.60. The average molecular weight is 373 g/mol. The molecule has 5 rings (SSSR count). The fourth-order valence-corrected chi connectivity index (χ4v) is 3.41. The number of hydrogen-bond donors (Lipinski definition) is 1. The van der Waals surface area contributed by atoms with Gasteiger partial charge in [0, 0.05) is 5.56 Å².